The summed E-state index contributed by atoms with van der Waals surface area (Å²) in [4.78, 5) is 26.3. The van der Waals surface area contributed by atoms with Crippen molar-refractivity contribution < 1.29 is 0 Å². The van der Waals surface area contributed by atoms with E-state index in [0.717, 1.165) is 48.3 Å². The molecule has 6 heteroatoms. The molecular weight excluding hydrogens is 380 g/mol. The SMILES string of the molecule is C[C@@H]1CCc2c(sc3nc([C@@H](C)NCCc4c[nH]c5ccccc45)[nH]c(=O)c23)C1. The van der Waals surface area contributed by atoms with Crippen LogP contribution in [0.1, 0.15) is 48.1 Å². The zero-order valence-corrected chi connectivity index (χ0v) is 17.7. The van der Waals surface area contributed by atoms with E-state index in [9.17, 15) is 4.79 Å². The van der Waals surface area contributed by atoms with Crippen molar-refractivity contribution in [1.29, 1.82) is 0 Å². The molecule has 0 unspecified atom stereocenters. The molecule has 4 aromatic rings. The average molecular weight is 407 g/mol. The maximum atomic E-state index is 12.8. The lowest BCUT2D eigenvalue weighted by Gasteiger charge is -2.17. The number of aromatic nitrogens is 3. The summed E-state index contributed by atoms with van der Waals surface area (Å²) in [5, 5.41) is 5.62. The minimum Gasteiger partial charge on any atom is -0.361 e. The third kappa shape index (κ3) is 3.40. The van der Waals surface area contributed by atoms with Gasteiger partial charge in [-0.15, -0.1) is 11.3 Å². The highest BCUT2D eigenvalue weighted by molar-refractivity contribution is 7.18. The van der Waals surface area contributed by atoms with Gasteiger partial charge in [0.15, 0.2) is 0 Å². The first-order valence-corrected chi connectivity index (χ1v) is 11.2. The van der Waals surface area contributed by atoms with Crippen molar-refractivity contribution in [2.75, 3.05) is 6.54 Å². The van der Waals surface area contributed by atoms with Crippen LogP contribution >= 0.6 is 11.3 Å². The number of benzene rings is 1. The van der Waals surface area contributed by atoms with Crippen LogP contribution in [0.3, 0.4) is 0 Å². The van der Waals surface area contributed by atoms with Gasteiger partial charge in [0.2, 0.25) is 0 Å². The quantitative estimate of drug-likeness (QED) is 0.457. The van der Waals surface area contributed by atoms with Gasteiger partial charge in [0.25, 0.3) is 5.56 Å². The van der Waals surface area contributed by atoms with Crippen molar-refractivity contribution >= 4 is 32.5 Å². The number of thiophene rings is 1. The monoisotopic (exact) mass is 406 g/mol. The van der Waals surface area contributed by atoms with E-state index in [1.807, 2.05) is 6.07 Å². The van der Waals surface area contributed by atoms with Crippen LogP contribution in [-0.2, 0) is 19.3 Å². The van der Waals surface area contributed by atoms with E-state index < -0.39 is 0 Å². The van der Waals surface area contributed by atoms with Crippen molar-refractivity contribution in [3.63, 3.8) is 0 Å². The van der Waals surface area contributed by atoms with Gasteiger partial charge in [0.1, 0.15) is 10.7 Å². The number of rotatable bonds is 5. The zero-order valence-electron chi connectivity index (χ0n) is 16.8. The fourth-order valence-corrected chi connectivity index (χ4v) is 5.82. The highest BCUT2D eigenvalue weighted by Crippen LogP contribution is 2.35. The lowest BCUT2D eigenvalue weighted by Crippen LogP contribution is -2.25. The Morgan fingerprint density at radius 3 is 3.10 bits per heavy atom. The summed E-state index contributed by atoms with van der Waals surface area (Å²) in [6.45, 7) is 5.17. The molecular formula is C23H26N4OS. The van der Waals surface area contributed by atoms with Crippen molar-refractivity contribution in [2.24, 2.45) is 5.92 Å². The van der Waals surface area contributed by atoms with Crippen LogP contribution < -0.4 is 10.9 Å². The van der Waals surface area contributed by atoms with Crippen molar-refractivity contribution in [3.8, 4) is 0 Å². The molecule has 5 rings (SSSR count). The third-order valence-corrected chi connectivity index (χ3v) is 7.26. The number of aryl methyl sites for hydroxylation is 1. The first-order valence-electron chi connectivity index (χ1n) is 10.4. The number of nitrogens with zero attached hydrogens (tertiary/aromatic N) is 1. The fraction of sp³-hybridized carbons (Fsp3) is 0.391. The highest BCUT2D eigenvalue weighted by atomic mass is 32.1. The molecule has 0 radical (unpaired) electrons. The summed E-state index contributed by atoms with van der Waals surface area (Å²) in [6.07, 6.45) is 6.24. The summed E-state index contributed by atoms with van der Waals surface area (Å²) in [5.41, 5.74) is 3.73. The summed E-state index contributed by atoms with van der Waals surface area (Å²) in [7, 11) is 0. The number of nitrogens with one attached hydrogen (secondary N) is 3. The van der Waals surface area contributed by atoms with Crippen LogP contribution in [0.15, 0.2) is 35.3 Å². The molecule has 3 aromatic heterocycles. The van der Waals surface area contributed by atoms with Gasteiger partial charge in [0, 0.05) is 22.0 Å². The maximum Gasteiger partial charge on any atom is 0.259 e. The molecule has 3 heterocycles. The normalized spacial score (nSPS) is 17.7. The summed E-state index contributed by atoms with van der Waals surface area (Å²) < 4.78 is 0. The van der Waals surface area contributed by atoms with Gasteiger partial charge in [-0.05, 0) is 62.3 Å². The molecule has 0 amide bonds. The topological polar surface area (TPSA) is 73.6 Å². The largest absolute Gasteiger partial charge is 0.361 e. The second-order valence-corrected chi connectivity index (χ2v) is 9.35. The van der Waals surface area contributed by atoms with Crippen LogP contribution in [-0.4, -0.2) is 21.5 Å². The molecule has 0 bridgehead atoms. The van der Waals surface area contributed by atoms with Crippen molar-refractivity contribution in [3.05, 3.63) is 62.6 Å². The molecule has 0 saturated carbocycles. The fourth-order valence-electron chi connectivity index (χ4n) is 4.43. The number of hydrogen-bond acceptors (Lipinski definition) is 4. The predicted octanol–water partition coefficient (Wildman–Crippen LogP) is 4.48. The number of fused-ring (bicyclic) bond motifs is 4. The highest BCUT2D eigenvalue weighted by Gasteiger charge is 2.23. The maximum absolute atomic E-state index is 12.8. The van der Waals surface area contributed by atoms with E-state index in [1.165, 1.54) is 26.9 Å². The standard InChI is InChI=1S/C23H26N4OS/c1-13-7-8-17-19(11-13)29-23-20(17)22(28)26-21(27-23)14(2)24-10-9-15-12-25-18-6-4-3-5-16(15)18/h3-6,12-14,24-25H,7-11H2,1-2H3,(H,26,27,28)/t13-,14-/m1/s1. The third-order valence-electron chi connectivity index (χ3n) is 6.11. The zero-order chi connectivity index (χ0) is 20.0. The van der Waals surface area contributed by atoms with E-state index in [4.69, 9.17) is 4.98 Å². The van der Waals surface area contributed by atoms with E-state index >= 15 is 0 Å². The molecule has 0 aliphatic heterocycles. The molecule has 2 atom stereocenters. The first kappa shape index (κ1) is 18.6. The smallest absolute Gasteiger partial charge is 0.259 e. The molecule has 0 spiro atoms. The molecule has 1 aliphatic carbocycles. The molecule has 1 aromatic carbocycles. The Balaban J connectivity index is 1.33. The lowest BCUT2D eigenvalue weighted by molar-refractivity contribution is 0.509. The molecule has 0 fully saturated rings. The van der Waals surface area contributed by atoms with Crippen molar-refractivity contribution in [2.45, 2.75) is 45.6 Å². The van der Waals surface area contributed by atoms with Gasteiger partial charge in [-0.1, -0.05) is 25.1 Å². The second-order valence-electron chi connectivity index (χ2n) is 8.27. The van der Waals surface area contributed by atoms with E-state index in [2.05, 4.69) is 53.5 Å². The van der Waals surface area contributed by atoms with Gasteiger partial charge in [-0.25, -0.2) is 4.98 Å². The number of aromatic amines is 2. The minimum absolute atomic E-state index is 0.00430. The van der Waals surface area contributed by atoms with Crippen LogP contribution in [0.5, 0.6) is 0 Å². The van der Waals surface area contributed by atoms with Crippen molar-refractivity contribution in [1.82, 2.24) is 20.3 Å². The predicted molar refractivity (Wildman–Crippen MR) is 120 cm³/mol. The Kier molecular flexibility index (Phi) is 4.76. The molecule has 0 saturated heterocycles. The van der Waals surface area contributed by atoms with Gasteiger partial charge in [-0.3, -0.25) is 4.79 Å². The Bertz CT molecular complexity index is 1230. The second kappa shape index (κ2) is 7.43. The summed E-state index contributed by atoms with van der Waals surface area (Å²) >= 11 is 1.71. The Morgan fingerprint density at radius 1 is 1.34 bits per heavy atom. The number of para-hydroxylation sites is 1. The number of H-pyrrole nitrogens is 2. The minimum atomic E-state index is -0.00430. The van der Waals surface area contributed by atoms with E-state index in [1.54, 1.807) is 11.3 Å². The molecule has 150 valence electrons. The Hall–Kier alpha value is -2.44. The summed E-state index contributed by atoms with van der Waals surface area (Å²) in [5.74, 6) is 1.42. The Labute approximate surface area is 173 Å². The lowest BCUT2D eigenvalue weighted by atomic mass is 9.89. The van der Waals surface area contributed by atoms with Crippen LogP contribution in [0.4, 0.5) is 0 Å². The summed E-state index contributed by atoms with van der Waals surface area (Å²) in [6, 6.07) is 8.36. The van der Waals surface area contributed by atoms with Gasteiger partial charge in [-0.2, -0.15) is 0 Å². The van der Waals surface area contributed by atoms with E-state index in [-0.39, 0.29) is 11.6 Å². The van der Waals surface area contributed by atoms with Crippen LogP contribution in [0.2, 0.25) is 0 Å². The Morgan fingerprint density at radius 2 is 2.21 bits per heavy atom. The van der Waals surface area contributed by atoms with Gasteiger partial charge < -0.3 is 15.3 Å². The van der Waals surface area contributed by atoms with Crippen LogP contribution in [0, 0.1) is 5.92 Å². The first-order chi connectivity index (χ1) is 14.1. The van der Waals surface area contributed by atoms with Gasteiger partial charge in [0.05, 0.1) is 11.4 Å². The number of hydrogen-bond donors (Lipinski definition) is 3. The van der Waals surface area contributed by atoms with Gasteiger partial charge >= 0.3 is 0 Å². The van der Waals surface area contributed by atoms with E-state index in [0.29, 0.717) is 5.92 Å². The molecule has 29 heavy (non-hydrogen) atoms. The molecule has 3 N–H and O–H groups in total. The molecule has 5 nitrogen and oxygen atoms in total. The average Bonchev–Trinajstić information content (AvgIpc) is 3.28. The molecule has 1 aliphatic rings. The van der Waals surface area contributed by atoms with Crippen LogP contribution in [0.25, 0.3) is 21.1 Å².